The van der Waals surface area contributed by atoms with E-state index in [4.69, 9.17) is 17.0 Å². The number of nitrogens with one attached hydrogen (secondary N) is 2. The zero-order valence-corrected chi connectivity index (χ0v) is 11.7. The van der Waals surface area contributed by atoms with E-state index < -0.39 is 11.6 Å². The number of hydrogen-bond acceptors (Lipinski definition) is 2. The van der Waals surface area contributed by atoms with Crippen molar-refractivity contribution in [2.75, 3.05) is 19.8 Å². The molecule has 1 rings (SSSR count). The van der Waals surface area contributed by atoms with Crippen molar-refractivity contribution >= 4 is 17.3 Å². The largest absolute Gasteiger partial charge is 0.382 e. The molecule has 0 atom stereocenters. The van der Waals surface area contributed by atoms with Gasteiger partial charge in [0.2, 0.25) is 0 Å². The Hall–Kier alpha value is -1.27. The summed E-state index contributed by atoms with van der Waals surface area (Å²) in [5.74, 6) is -1.70. The van der Waals surface area contributed by atoms with E-state index in [1.807, 2.05) is 6.92 Å². The second-order valence-corrected chi connectivity index (χ2v) is 4.32. The maximum absolute atomic E-state index is 13.0. The van der Waals surface area contributed by atoms with Gasteiger partial charge in [-0.2, -0.15) is 0 Å². The first kappa shape index (κ1) is 15.8. The van der Waals surface area contributed by atoms with E-state index in [1.54, 1.807) is 0 Å². The maximum Gasteiger partial charge on any atom is 0.166 e. The SMILES string of the molecule is CCOCCCNC(=S)NCc1ccc(F)c(F)c1. The van der Waals surface area contributed by atoms with Gasteiger partial charge in [-0.1, -0.05) is 6.07 Å². The highest BCUT2D eigenvalue weighted by atomic mass is 32.1. The van der Waals surface area contributed by atoms with E-state index >= 15 is 0 Å². The molecule has 0 amide bonds. The molecule has 0 spiro atoms. The lowest BCUT2D eigenvalue weighted by molar-refractivity contribution is 0.145. The fourth-order valence-electron chi connectivity index (χ4n) is 1.41. The summed E-state index contributed by atoms with van der Waals surface area (Å²) >= 11 is 5.06. The molecule has 1 aromatic carbocycles. The van der Waals surface area contributed by atoms with Crippen LogP contribution in [0.2, 0.25) is 0 Å². The number of ether oxygens (including phenoxy) is 1. The molecule has 0 fully saturated rings. The fraction of sp³-hybridized carbons (Fsp3) is 0.462. The normalized spacial score (nSPS) is 10.3. The van der Waals surface area contributed by atoms with Gasteiger partial charge < -0.3 is 15.4 Å². The Balaban J connectivity index is 2.20. The smallest absolute Gasteiger partial charge is 0.166 e. The zero-order chi connectivity index (χ0) is 14.1. The van der Waals surface area contributed by atoms with Gasteiger partial charge in [-0.05, 0) is 43.3 Å². The summed E-state index contributed by atoms with van der Waals surface area (Å²) < 4.78 is 30.9. The van der Waals surface area contributed by atoms with E-state index in [2.05, 4.69) is 10.6 Å². The third kappa shape index (κ3) is 6.45. The minimum atomic E-state index is -0.852. The third-order valence-corrected chi connectivity index (χ3v) is 2.68. The van der Waals surface area contributed by atoms with Crippen LogP contribution in [-0.2, 0) is 11.3 Å². The molecule has 6 heteroatoms. The Morgan fingerprint density at radius 1 is 1.26 bits per heavy atom. The van der Waals surface area contributed by atoms with E-state index in [-0.39, 0.29) is 0 Å². The molecule has 0 heterocycles. The minimum Gasteiger partial charge on any atom is -0.382 e. The van der Waals surface area contributed by atoms with Crippen molar-refractivity contribution in [2.45, 2.75) is 19.9 Å². The van der Waals surface area contributed by atoms with Crippen LogP contribution in [0.25, 0.3) is 0 Å². The van der Waals surface area contributed by atoms with Gasteiger partial charge in [-0.15, -0.1) is 0 Å². The van der Waals surface area contributed by atoms with Gasteiger partial charge in [0.1, 0.15) is 0 Å². The van der Waals surface area contributed by atoms with Crippen molar-refractivity contribution in [3.05, 3.63) is 35.4 Å². The lowest BCUT2D eigenvalue weighted by Crippen LogP contribution is -2.35. The van der Waals surface area contributed by atoms with Crippen molar-refractivity contribution in [2.24, 2.45) is 0 Å². The summed E-state index contributed by atoms with van der Waals surface area (Å²) in [6.45, 7) is 4.41. The Bertz CT molecular complexity index is 416. The highest BCUT2D eigenvalue weighted by Crippen LogP contribution is 2.08. The molecule has 19 heavy (non-hydrogen) atoms. The molecule has 0 aliphatic carbocycles. The zero-order valence-electron chi connectivity index (χ0n) is 10.8. The molecule has 0 saturated heterocycles. The van der Waals surface area contributed by atoms with Crippen molar-refractivity contribution < 1.29 is 13.5 Å². The van der Waals surface area contributed by atoms with Crippen LogP contribution in [0.4, 0.5) is 8.78 Å². The average molecular weight is 288 g/mol. The van der Waals surface area contributed by atoms with Crippen LogP contribution in [-0.4, -0.2) is 24.9 Å². The highest BCUT2D eigenvalue weighted by Gasteiger charge is 2.02. The standard InChI is InChI=1S/C13H18F2N2OS/c1-2-18-7-3-6-16-13(19)17-9-10-4-5-11(14)12(15)8-10/h4-5,8H,2-3,6-7,9H2,1H3,(H2,16,17,19). The van der Waals surface area contributed by atoms with E-state index in [9.17, 15) is 8.78 Å². The Morgan fingerprint density at radius 2 is 2.05 bits per heavy atom. The lowest BCUT2D eigenvalue weighted by atomic mass is 10.2. The Morgan fingerprint density at radius 3 is 2.74 bits per heavy atom. The van der Waals surface area contributed by atoms with Crippen LogP contribution in [0.3, 0.4) is 0 Å². The monoisotopic (exact) mass is 288 g/mol. The minimum absolute atomic E-state index is 0.356. The van der Waals surface area contributed by atoms with Crippen LogP contribution in [0.15, 0.2) is 18.2 Å². The average Bonchev–Trinajstić information content (AvgIpc) is 2.40. The van der Waals surface area contributed by atoms with Crippen LogP contribution in [0, 0.1) is 11.6 Å². The van der Waals surface area contributed by atoms with Gasteiger partial charge in [-0.3, -0.25) is 0 Å². The molecule has 3 nitrogen and oxygen atoms in total. The number of hydrogen-bond donors (Lipinski definition) is 2. The quantitative estimate of drug-likeness (QED) is 0.596. The van der Waals surface area contributed by atoms with E-state index in [1.165, 1.54) is 6.07 Å². The van der Waals surface area contributed by atoms with Crippen LogP contribution >= 0.6 is 12.2 Å². The molecule has 0 aromatic heterocycles. The number of thiocarbonyl (C=S) groups is 1. The summed E-state index contributed by atoms with van der Waals surface area (Å²) in [7, 11) is 0. The topological polar surface area (TPSA) is 33.3 Å². The molecule has 0 bridgehead atoms. The van der Waals surface area contributed by atoms with Crippen LogP contribution in [0.5, 0.6) is 0 Å². The Kier molecular flexibility index (Phi) is 7.28. The lowest BCUT2D eigenvalue weighted by Gasteiger charge is -2.10. The summed E-state index contributed by atoms with van der Waals surface area (Å²) in [5, 5.41) is 6.42. The molecule has 2 N–H and O–H groups in total. The highest BCUT2D eigenvalue weighted by molar-refractivity contribution is 7.80. The van der Waals surface area contributed by atoms with Crippen molar-refractivity contribution in [1.29, 1.82) is 0 Å². The molecule has 0 saturated carbocycles. The van der Waals surface area contributed by atoms with Crippen LogP contribution < -0.4 is 10.6 Å². The summed E-state index contributed by atoms with van der Waals surface area (Å²) in [6, 6.07) is 3.77. The van der Waals surface area contributed by atoms with Gasteiger partial charge in [0, 0.05) is 26.3 Å². The molecular weight excluding hydrogens is 270 g/mol. The van der Waals surface area contributed by atoms with Crippen molar-refractivity contribution in [1.82, 2.24) is 10.6 Å². The van der Waals surface area contributed by atoms with E-state index in [0.717, 1.165) is 18.6 Å². The van der Waals surface area contributed by atoms with E-state index in [0.29, 0.717) is 37.0 Å². The third-order valence-electron chi connectivity index (χ3n) is 2.39. The van der Waals surface area contributed by atoms with Gasteiger partial charge in [0.05, 0.1) is 0 Å². The summed E-state index contributed by atoms with van der Waals surface area (Å²) in [5.41, 5.74) is 0.636. The van der Waals surface area contributed by atoms with Crippen molar-refractivity contribution in [3.8, 4) is 0 Å². The first-order chi connectivity index (χ1) is 9.13. The number of halogens is 2. The molecule has 0 radical (unpaired) electrons. The molecule has 106 valence electrons. The Labute approximate surface area is 117 Å². The first-order valence-electron chi connectivity index (χ1n) is 6.17. The molecule has 0 aliphatic rings. The van der Waals surface area contributed by atoms with Crippen molar-refractivity contribution in [3.63, 3.8) is 0 Å². The molecule has 1 aromatic rings. The summed E-state index contributed by atoms with van der Waals surface area (Å²) in [4.78, 5) is 0. The first-order valence-corrected chi connectivity index (χ1v) is 6.57. The van der Waals surface area contributed by atoms with Crippen LogP contribution in [0.1, 0.15) is 18.9 Å². The van der Waals surface area contributed by atoms with Gasteiger partial charge in [0.15, 0.2) is 16.7 Å². The second kappa shape index (κ2) is 8.77. The number of benzene rings is 1. The molecular formula is C13H18F2N2OS. The molecule has 0 unspecified atom stereocenters. The van der Waals surface area contributed by atoms with Gasteiger partial charge in [0.25, 0.3) is 0 Å². The maximum atomic E-state index is 13.0. The van der Waals surface area contributed by atoms with Gasteiger partial charge >= 0.3 is 0 Å². The second-order valence-electron chi connectivity index (χ2n) is 3.91. The summed E-state index contributed by atoms with van der Waals surface area (Å²) in [6.07, 6.45) is 0.862. The predicted octanol–water partition coefficient (Wildman–Crippen LogP) is 2.36. The van der Waals surface area contributed by atoms with Gasteiger partial charge in [-0.25, -0.2) is 8.78 Å². The number of rotatable bonds is 7. The predicted molar refractivity (Wildman–Crippen MR) is 74.9 cm³/mol. The molecule has 0 aliphatic heterocycles. The fourth-order valence-corrected chi connectivity index (χ4v) is 1.59.